The highest BCUT2D eigenvalue weighted by atomic mass is 16.5. The van der Waals surface area contributed by atoms with Gasteiger partial charge in [-0.3, -0.25) is 0 Å². The van der Waals surface area contributed by atoms with Crippen LogP contribution in [0.15, 0.2) is 18.2 Å². The summed E-state index contributed by atoms with van der Waals surface area (Å²) >= 11 is 0. The molecule has 0 radical (unpaired) electrons. The van der Waals surface area contributed by atoms with Crippen molar-refractivity contribution in [3.05, 3.63) is 29.3 Å². The second-order valence-corrected chi connectivity index (χ2v) is 6.98. The summed E-state index contributed by atoms with van der Waals surface area (Å²) in [4.78, 5) is 2.47. The van der Waals surface area contributed by atoms with Gasteiger partial charge in [0.1, 0.15) is 11.4 Å². The fourth-order valence-electron chi connectivity index (χ4n) is 2.75. The number of ether oxygens (including phenoxy) is 2. The minimum absolute atomic E-state index is 0.322. The number of rotatable bonds is 11. The van der Waals surface area contributed by atoms with E-state index in [1.165, 1.54) is 24.0 Å². The summed E-state index contributed by atoms with van der Waals surface area (Å²) in [5.74, 6) is 0.986. The van der Waals surface area contributed by atoms with E-state index in [1.54, 1.807) is 0 Å². The van der Waals surface area contributed by atoms with Crippen molar-refractivity contribution < 1.29 is 9.47 Å². The molecule has 0 aliphatic rings. The Hall–Kier alpha value is -1.06. The largest absolute Gasteiger partial charge is 0.485 e. The van der Waals surface area contributed by atoms with Crippen LogP contribution in [0.1, 0.15) is 51.7 Å². The third-order valence-corrected chi connectivity index (χ3v) is 3.87. The lowest BCUT2D eigenvalue weighted by Gasteiger charge is -2.29. The van der Waals surface area contributed by atoms with Crippen molar-refractivity contribution in [2.75, 3.05) is 32.8 Å². The minimum Gasteiger partial charge on any atom is -0.485 e. The fourth-order valence-corrected chi connectivity index (χ4v) is 2.75. The van der Waals surface area contributed by atoms with Crippen LogP contribution in [0.3, 0.4) is 0 Å². The van der Waals surface area contributed by atoms with Crippen LogP contribution in [0, 0.1) is 13.8 Å². The van der Waals surface area contributed by atoms with Crippen LogP contribution < -0.4 is 4.74 Å². The lowest BCUT2D eigenvalue weighted by molar-refractivity contribution is -0.00990. The molecule has 0 amide bonds. The van der Waals surface area contributed by atoms with Crippen LogP contribution in [0.5, 0.6) is 5.75 Å². The van der Waals surface area contributed by atoms with Crippen molar-refractivity contribution >= 4 is 0 Å². The molecule has 0 N–H and O–H groups in total. The molecule has 0 bridgehead atoms. The standard InChI is InChI=1S/C20H35NO2/c1-7-12-21(13-8-2)14-15-22-16-20(5,6)23-19-17(3)10-9-11-18(19)4/h9-11H,7-8,12-16H2,1-6H3. The Morgan fingerprint density at radius 1 is 0.957 bits per heavy atom. The molecule has 0 atom stereocenters. The molecule has 1 rings (SSSR count). The van der Waals surface area contributed by atoms with E-state index in [-0.39, 0.29) is 5.60 Å². The van der Waals surface area contributed by atoms with Gasteiger partial charge in [0.2, 0.25) is 0 Å². The molecule has 0 aliphatic heterocycles. The van der Waals surface area contributed by atoms with E-state index >= 15 is 0 Å². The van der Waals surface area contributed by atoms with Crippen molar-refractivity contribution in [1.82, 2.24) is 4.90 Å². The summed E-state index contributed by atoms with van der Waals surface area (Å²) in [6.45, 7) is 17.5. The average Bonchev–Trinajstić information content (AvgIpc) is 2.48. The van der Waals surface area contributed by atoms with E-state index in [0.29, 0.717) is 6.61 Å². The van der Waals surface area contributed by atoms with Crippen LogP contribution in [0.25, 0.3) is 0 Å². The first-order valence-corrected chi connectivity index (χ1v) is 8.95. The molecular formula is C20H35NO2. The summed E-state index contributed by atoms with van der Waals surface area (Å²) < 4.78 is 12.1. The van der Waals surface area contributed by atoms with Gasteiger partial charge in [0, 0.05) is 6.54 Å². The number of hydrogen-bond acceptors (Lipinski definition) is 3. The SMILES string of the molecule is CCCN(CCC)CCOCC(C)(C)Oc1c(C)cccc1C. The fraction of sp³-hybridized carbons (Fsp3) is 0.700. The van der Waals surface area contributed by atoms with Crippen molar-refractivity contribution in [1.29, 1.82) is 0 Å². The molecule has 0 unspecified atom stereocenters. The number of aryl methyl sites for hydroxylation is 2. The van der Waals surface area contributed by atoms with Crippen LogP contribution >= 0.6 is 0 Å². The van der Waals surface area contributed by atoms with E-state index in [1.807, 2.05) is 0 Å². The zero-order chi connectivity index (χ0) is 17.3. The summed E-state index contributed by atoms with van der Waals surface area (Å²) in [5, 5.41) is 0. The predicted octanol–water partition coefficient (Wildman–Crippen LogP) is 4.60. The molecule has 0 spiro atoms. The molecular weight excluding hydrogens is 286 g/mol. The smallest absolute Gasteiger partial charge is 0.127 e. The third-order valence-electron chi connectivity index (χ3n) is 3.87. The van der Waals surface area contributed by atoms with Crippen LogP contribution in [-0.2, 0) is 4.74 Å². The molecule has 3 heteroatoms. The van der Waals surface area contributed by atoms with Gasteiger partial charge >= 0.3 is 0 Å². The van der Waals surface area contributed by atoms with E-state index in [2.05, 4.69) is 64.6 Å². The summed E-state index contributed by atoms with van der Waals surface area (Å²) in [7, 11) is 0. The Labute approximate surface area is 143 Å². The maximum atomic E-state index is 6.23. The van der Waals surface area contributed by atoms with Gasteiger partial charge in [-0.15, -0.1) is 0 Å². The third kappa shape index (κ3) is 7.36. The van der Waals surface area contributed by atoms with Gasteiger partial charge in [-0.2, -0.15) is 0 Å². The quantitative estimate of drug-likeness (QED) is 0.556. The average molecular weight is 322 g/mol. The van der Waals surface area contributed by atoms with E-state index in [4.69, 9.17) is 9.47 Å². The van der Waals surface area contributed by atoms with E-state index in [0.717, 1.165) is 32.0 Å². The van der Waals surface area contributed by atoms with Gasteiger partial charge in [-0.1, -0.05) is 32.0 Å². The molecule has 0 fully saturated rings. The minimum atomic E-state index is -0.322. The van der Waals surface area contributed by atoms with Gasteiger partial charge in [0.05, 0.1) is 13.2 Å². The highest BCUT2D eigenvalue weighted by Crippen LogP contribution is 2.26. The maximum absolute atomic E-state index is 6.23. The van der Waals surface area contributed by atoms with Gasteiger partial charge in [-0.05, 0) is 64.8 Å². The number of nitrogens with zero attached hydrogens (tertiary/aromatic N) is 1. The molecule has 3 nitrogen and oxygen atoms in total. The van der Waals surface area contributed by atoms with Gasteiger partial charge in [0.15, 0.2) is 0 Å². The van der Waals surface area contributed by atoms with Crippen molar-refractivity contribution in [3.8, 4) is 5.75 Å². The Kier molecular flexibility index (Phi) is 8.64. The van der Waals surface area contributed by atoms with Crippen molar-refractivity contribution in [3.63, 3.8) is 0 Å². The van der Waals surface area contributed by atoms with Gasteiger partial charge < -0.3 is 14.4 Å². The number of hydrogen-bond donors (Lipinski definition) is 0. The molecule has 23 heavy (non-hydrogen) atoms. The Balaban J connectivity index is 2.43. The first-order chi connectivity index (χ1) is 10.9. The maximum Gasteiger partial charge on any atom is 0.127 e. The Bertz CT molecular complexity index is 431. The Morgan fingerprint density at radius 3 is 2.04 bits per heavy atom. The lowest BCUT2D eigenvalue weighted by atomic mass is 10.1. The van der Waals surface area contributed by atoms with Crippen molar-refractivity contribution in [2.24, 2.45) is 0 Å². The normalized spacial score (nSPS) is 12.0. The van der Waals surface area contributed by atoms with Crippen LogP contribution in [-0.4, -0.2) is 43.3 Å². The predicted molar refractivity (Wildman–Crippen MR) is 98.5 cm³/mol. The van der Waals surface area contributed by atoms with E-state index < -0.39 is 0 Å². The number of para-hydroxylation sites is 1. The molecule has 132 valence electrons. The van der Waals surface area contributed by atoms with Crippen LogP contribution in [0.2, 0.25) is 0 Å². The molecule has 0 saturated carbocycles. The van der Waals surface area contributed by atoms with Gasteiger partial charge in [0.25, 0.3) is 0 Å². The molecule has 0 aromatic heterocycles. The summed E-state index contributed by atoms with van der Waals surface area (Å²) in [6.07, 6.45) is 2.39. The molecule has 0 aliphatic carbocycles. The topological polar surface area (TPSA) is 21.7 Å². The molecule has 0 saturated heterocycles. The first-order valence-electron chi connectivity index (χ1n) is 8.95. The monoisotopic (exact) mass is 321 g/mol. The van der Waals surface area contributed by atoms with Crippen molar-refractivity contribution in [2.45, 2.75) is 60.0 Å². The first kappa shape index (κ1) is 20.0. The molecule has 1 aromatic rings. The number of benzene rings is 1. The molecule has 0 heterocycles. The zero-order valence-electron chi connectivity index (χ0n) is 15.9. The molecule has 1 aromatic carbocycles. The lowest BCUT2D eigenvalue weighted by Crippen LogP contribution is -2.36. The van der Waals surface area contributed by atoms with Gasteiger partial charge in [-0.25, -0.2) is 0 Å². The summed E-state index contributed by atoms with van der Waals surface area (Å²) in [5.41, 5.74) is 2.03. The highest BCUT2D eigenvalue weighted by molar-refractivity contribution is 5.40. The zero-order valence-corrected chi connectivity index (χ0v) is 15.9. The van der Waals surface area contributed by atoms with Crippen LogP contribution in [0.4, 0.5) is 0 Å². The van der Waals surface area contributed by atoms with E-state index in [9.17, 15) is 0 Å². The second-order valence-electron chi connectivity index (χ2n) is 6.98. The summed E-state index contributed by atoms with van der Waals surface area (Å²) in [6, 6.07) is 6.25. The Morgan fingerprint density at radius 2 is 1.52 bits per heavy atom. The second kappa shape index (κ2) is 9.94. The highest BCUT2D eigenvalue weighted by Gasteiger charge is 2.22.